The van der Waals surface area contributed by atoms with E-state index in [4.69, 9.17) is 10.5 Å². The minimum absolute atomic E-state index is 0.0745. The van der Waals surface area contributed by atoms with Crippen LogP contribution in [0.5, 0.6) is 5.75 Å². The van der Waals surface area contributed by atoms with Crippen LogP contribution in [0, 0.1) is 11.8 Å². The zero-order valence-corrected chi connectivity index (χ0v) is 11.4. The van der Waals surface area contributed by atoms with Crippen molar-refractivity contribution in [2.24, 2.45) is 0 Å². The van der Waals surface area contributed by atoms with E-state index in [-0.39, 0.29) is 5.78 Å². The quantitative estimate of drug-likeness (QED) is 0.402. The van der Waals surface area contributed by atoms with E-state index < -0.39 is 0 Å². The monoisotopic (exact) mass is 295 g/mol. The molecule has 0 aliphatic rings. The number of ether oxygens (including phenoxy) is 1. The number of nitrogens with two attached hydrogens (primary N) is 1. The van der Waals surface area contributed by atoms with Gasteiger partial charge in [-0.2, -0.15) is 0 Å². The Hall–Kier alpha value is -1.47. The van der Waals surface area contributed by atoms with Crippen LogP contribution in [0.2, 0.25) is 0 Å². The number of ketones is 1. The van der Waals surface area contributed by atoms with E-state index in [2.05, 4.69) is 27.8 Å². The summed E-state index contributed by atoms with van der Waals surface area (Å²) in [5.41, 5.74) is 6.77. The van der Waals surface area contributed by atoms with Gasteiger partial charge in [-0.15, -0.1) is 11.8 Å². The van der Waals surface area contributed by atoms with Crippen LogP contribution >= 0.6 is 15.9 Å². The van der Waals surface area contributed by atoms with Crippen molar-refractivity contribution in [2.45, 2.75) is 20.3 Å². The number of halogens is 1. The normalized spacial score (nSPS) is 9.35. The fraction of sp³-hybridized carbons (Fsp3) is 0.308. The van der Waals surface area contributed by atoms with Gasteiger partial charge >= 0.3 is 0 Å². The molecular formula is C13H14BrNO2. The van der Waals surface area contributed by atoms with Crippen molar-refractivity contribution < 1.29 is 9.53 Å². The molecule has 0 atom stereocenters. The lowest BCUT2D eigenvalue weighted by atomic mass is 10.1. The number of carbonyl (C=O) groups is 1. The second-order valence-corrected chi connectivity index (χ2v) is 4.37. The maximum atomic E-state index is 11.5. The highest BCUT2D eigenvalue weighted by molar-refractivity contribution is 9.10. The topological polar surface area (TPSA) is 52.3 Å². The van der Waals surface area contributed by atoms with Crippen molar-refractivity contribution in [3.63, 3.8) is 0 Å². The van der Waals surface area contributed by atoms with E-state index in [0.29, 0.717) is 30.0 Å². The SMILES string of the molecule is CC#CCCOc1c(N)cc(Br)cc1C(C)=O. The van der Waals surface area contributed by atoms with Gasteiger partial charge in [0.15, 0.2) is 11.5 Å². The average Bonchev–Trinajstić information content (AvgIpc) is 2.25. The highest BCUT2D eigenvalue weighted by Gasteiger charge is 2.13. The third-order valence-corrected chi connectivity index (χ3v) is 2.57. The average molecular weight is 296 g/mol. The van der Waals surface area contributed by atoms with Crippen molar-refractivity contribution in [3.05, 3.63) is 22.2 Å². The lowest BCUT2D eigenvalue weighted by Gasteiger charge is -2.12. The molecule has 0 unspecified atom stereocenters. The Balaban J connectivity index is 2.95. The van der Waals surface area contributed by atoms with Crippen LogP contribution in [-0.2, 0) is 0 Å². The van der Waals surface area contributed by atoms with Crippen LogP contribution in [-0.4, -0.2) is 12.4 Å². The smallest absolute Gasteiger partial charge is 0.163 e. The standard InChI is InChI=1S/C13H14BrNO2/c1-3-4-5-6-17-13-11(9(2)16)7-10(14)8-12(13)15/h7-8H,5-6,15H2,1-2H3. The van der Waals surface area contributed by atoms with Crippen molar-refractivity contribution >= 4 is 27.4 Å². The summed E-state index contributed by atoms with van der Waals surface area (Å²) >= 11 is 3.30. The maximum Gasteiger partial charge on any atom is 0.163 e. The molecule has 0 radical (unpaired) electrons. The Bertz CT molecular complexity index is 486. The summed E-state index contributed by atoms with van der Waals surface area (Å²) in [6, 6.07) is 3.42. The van der Waals surface area contributed by atoms with Crippen molar-refractivity contribution in [3.8, 4) is 17.6 Å². The second kappa shape index (κ2) is 6.31. The Morgan fingerprint density at radius 2 is 2.24 bits per heavy atom. The van der Waals surface area contributed by atoms with Crippen LogP contribution < -0.4 is 10.5 Å². The molecule has 0 aromatic heterocycles. The molecule has 0 saturated carbocycles. The molecule has 0 bridgehead atoms. The third kappa shape index (κ3) is 3.79. The van der Waals surface area contributed by atoms with Gasteiger partial charge in [-0.05, 0) is 26.0 Å². The summed E-state index contributed by atoms with van der Waals surface area (Å²) in [4.78, 5) is 11.5. The zero-order chi connectivity index (χ0) is 12.8. The zero-order valence-electron chi connectivity index (χ0n) is 9.84. The molecule has 1 rings (SSSR count). The Labute approximate surface area is 109 Å². The van der Waals surface area contributed by atoms with Crippen LogP contribution in [0.15, 0.2) is 16.6 Å². The Morgan fingerprint density at radius 1 is 1.53 bits per heavy atom. The van der Waals surface area contributed by atoms with Gasteiger partial charge < -0.3 is 10.5 Å². The number of benzene rings is 1. The summed E-state index contributed by atoms with van der Waals surface area (Å²) < 4.78 is 6.28. The summed E-state index contributed by atoms with van der Waals surface area (Å²) in [6.07, 6.45) is 0.614. The van der Waals surface area contributed by atoms with Crippen molar-refractivity contribution in [1.29, 1.82) is 0 Å². The largest absolute Gasteiger partial charge is 0.490 e. The van der Waals surface area contributed by atoms with Crippen LogP contribution in [0.1, 0.15) is 30.6 Å². The van der Waals surface area contributed by atoms with E-state index in [9.17, 15) is 4.79 Å². The van der Waals surface area contributed by atoms with Gasteiger partial charge in [0.2, 0.25) is 0 Å². The molecule has 4 heteroatoms. The molecule has 0 aliphatic heterocycles. The van der Waals surface area contributed by atoms with Gasteiger partial charge in [-0.3, -0.25) is 4.79 Å². The van der Waals surface area contributed by atoms with Crippen molar-refractivity contribution in [1.82, 2.24) is 0 Å². The number of hydrogen-bond acceptors (Lipinski definition) is 3. The lowest BCUT2D eigenvalue weighted by molar-refractivity contribution is 0.101. The van der Waals surface area contributed by atoms with E-state index >= 15 is 0 Å². The van der Waals surface area contributed by atoms with E-state index in [1.165, 1.54) is 6.92 Å². The fourth-order valence-corrected chi connectivity index (χ4v) is 1.84. The Kier molecular flexibility index (Phi) is 5.05. The molecule has 1 aromatic carbocycles. The summed E-state index contributed by atoms with van der Waals surface area (Å²) in [6.45, 7) is 3.68. The number of carbonyl (C=O) groups excluding carboxylic acids is 1. The van der Waals surface area contributed by atoms with Crippen LogP contribution in [0.25, 0.3) is 0 Å². The van der Waals surface area contributed by atoms with Crippen LogP contribution in [0.4, 0.5) is 5.69 Å². The number of Topliss-reactive ketones (excluding diaryl/α,β-unsaturated/α-hetero) is 1. The second-order valence-electron chi connectivity index (χ2n) is 3.45. The minimum Gasteiger partial charge on any atom is -0.490 e. The molecule has 17 heavy (non-hydrogen) atoms. The molecule has 0 heterocycles. The third-order valence-electron chi connectivity index (χ3n) is 2.11. The van der Waals surface area contributed by atoms with Gasteiger partial charge in [-0.25, -0.2) is 0 Å². The molecule has 3 nitrogen and oxygen atoms in total. The molecule has 1 aromatic rings. The molecule has 90 valence electrons. The number of anilines is 1. The number of rotatable bonds is 4. The number of nitrogen functional groups attached to an aromatic ring is 1. The summed E-state index contributed by atoms with van der Waals surface area (Å²) in [7, 11) is 0. The van der Waals surface area contributed by atoms with E-state index in [1.54, 1.807) is 19.1 Å². The first-order valence-corrected chi connectivity index (χ1v) is 5.98. The van der Waals surface area contributed by atoms with Gasteiger partial charge in [0.05, 0.1) is 17.9 Å². The summed E-state index contributed by atoms with van der Waals surface area (Å²) in [5.74, 6) is 6.04. The van der Waals surface area contributed by atoms with E-state index in [0.717, 1.165) is 4.47 Å². The minimum atomic E-state index is -0.0745. The predicted octanol–water partition coefficient (Wildman–Crippen LogP) is 3.03. The van der Waals surface area contributed by atoms with Gasteiger partial charge in [0, 0.05) is 10.9 Å². The Morgan fingerprint density at radius 3 is 2.82 bits per heavy atom. The molecule has 2 N–H and O–H groups in total. The highest BCUT2D eigenvalue weighted by Crippen LogP contribution is 2.31. The highest BCUT2D eigenvalue weighted by atomic mass is 79.9. The first kappa shape index (κ1) is 13.6. The summed E-state index contributed by atoms with van der Waals surface area (Å²) in [5, 5.41) is 0. The van der Waals surface area contributed by atoms with E-state index in [1.807, 2.05) is 0 Å². The van der Waals surface area contributed by atoms with Gasteiger partial charge in [-0.1, -0.05) is 15.9 Å². The maximum absolute atomic E-state index is 11.5. The first-order valence-electron chi connectivity index (χ1n) is 5.18. The molecule has 0 fully saturated rings. The van der Waals surface area contributed by atoms with Gasteiger partial charge in [0.25, 0.3) is 0 Å². The predicted molar refractivity (Wildman–Crippen MR) is 72.1 cm³/mol. The molecular weight excluding hydrogens is 282 g/mol. The number of hydrogen-bond donors (Lipinski definition) is 1. The molecule has 0 spiro atoms. The van der Waals surface area contributed by atoms with Crippen molar-refractivity contribution in [2.75, 3.05) is 12.3 Å². The van der Waals surface area contributed by atoms with Crippen LogP contribution in [0.3, 0.4) is 0 Å². The molecule has 0 saturated heterocycles. The first-order chi connectivity index (χ1) is 8.06. The molecule has 0 aliphatic carbocycles. The fourth-order valence-electron chi connectivity index (χ4n) is 1.37. The molecule has 0 amide bonds. The lowest BCUT2D eigenvalue weighted by Crippen LogP contribution is -2.05. The van der Waals surface area contributed by atoms with Gasteiger partial charge in [0.1, 0.15) is 0 Å².